The van der Waals surface area contributed by atoms with E-state index in [1.54, 1.807) is 23.4 Å². The van der Waals surface area contributed by atoms with E-state index in [1.807, 2.05) is 6.07 Å². The molecule has 1 fully saturated rings. The summed E-state index contributed by atoms with van der Waals surface area (Å²) in [7, 11) is 0. The van der Waals surface area contributed by atoms with Crippen LogP contribution in [0.5, 0.6) is 0 Å². The van der Waals surface area contributed by atoms with Gasteiger partial charge in [-0.25, -0.2) is 14.4 Å². The fourth-order valence-electron chi connectivity index (χ4n) is 4.99. The van der Waals surface area contributed by atoms with E-state index in [9.17, 15) is 9.18 Å². The monoisotopic (exact) mass is 439 g/mol. The second kappa shape index (κ2) is 10.3. The lowest BCUT2D eigenvalue weighted by atomic mass is 9.94. The Bertz CT molecular complexity index is 930. The molecule has 1 N–H and O–H groups in total. The third-order valence-electron chi connectivity index (χ3n) is 6.71. The first kappa shape index (κ1) is 22.5. The van der Waals surface area contributed by atoms with Crippen LogP contribution in [0.4, 0.5) is 21.7 Å². The molecule has 7 heteroatoms. The fraction of sp³-hybridized carbons (Fsp3) is 0.560. The van der Waals surface area contributed by atoms with Crippen LogP contribution in [0.15, 0.2) is 30.6 Å². The van der Waals surface area contributed by atoms with Crippen LogP contribution >= 0.6 is 0 Å². The highest BCUT2D eigenvalue weighted by molar-refractivity contribution is 6.06. The summed E-state index contributed by atoms with van der Waals surface area (Å²) in [5, 5.41) is 3.37. The molecule has 1 aromatic carbocycles. The smallest absolute Gasteiger partial charge is 0.250 e. The number of carbonyl (C=O) groups is 1. The Balaban J connectivity index is 1.76. The van der Waals surface area contributed by atoms with Gasteiger partial charge in [0.15, 0.2) is 11.6 Å². The summed E-state index contributed by atoms with van der Waals surface area (Å²) < 4.78 is 14.6. The summed E-state index contributed by atoms with van der Waals surface area (Å²) >= 11 is 0. The number of aromatic nitrogens is 2. The molecule has 0 spiro atoms. The maximum absolute atomic E-state index is 14.6. The Kier molecular flexibility index (Phi) is 7.22. The third kappa shape index (κ3) is 4.57. The first-order valence-corrected chi connectivity index (χ1v) is 12.1. The zero-order valence-corrected chi connectivity index (χ0v) is 19.2. The van der Waals surface area contributed by atoms with Crippen molar-refractivity contribution in [2.24, 2.45) is 0 Å². The van der Waals surface area contributed by atoms with Gasteiger partial charge in [-0.3, -0.25) is 9.69 Å². The van der Waals surface area contributed by atoms with Gasteiger partial charge in [0, 0.05) is 18.2 Å². The van der Waals surface area contributed by atoms with E-state index >= 15 is 0 Å². The zero-order chi connectivity index (χ0) is 22.5. The van der Waals surface area contributed by atoms with Crippen LogP contribution < -0.4 is 15.1 Å². The SMILES string of the molecule is CCCC[C@@H]1Nc2ncnc(N(CC)C3CCCCC3)c2N(Cc2ccccc2F)C1=O. The number of nitrogens with one attached hydrogen (secondary N) is 1. The number of benzene rings is 1. The molecular formula is C25H34FN5O. The number of anilines is 3. The van der Waals surface area contributed by atoms with Crippen molar-refractivity contribution in [3.63, 3.8) is 0 Å². The normalized spacial score (nSPS) is 18.9. The quantitative estimate of drug-likeness (QED) is 0.605. The first-order valence-electron chi connectivity index (χ1n) is 12.1. The summed E-state index contributed by atoms with van der Waals surface area (Å²) in [4.78, 5) is 26.8. The molecule has 1 aliphatic carbocycles. The second-order valence-corrected chi connectivity index (χ2v) is 8.83. The summed E-state index contributed by atoms with van der Waals surface area (Å²) in [6, 6.07) is 6.71. The molecule has 32 heavy (non-hydrogen) atoms. The predicted octanol–water partition coefficient (Wildman–Crippen LogP) is 5.29. The zero-order valence-electron chi connectivity index (χ0n) is 19.2. The van der Waals surface area contributed by atoms with Gasteiger partial charge in [0.05, 0.1) is 6.54 Å². The third-order valence-corrected chi connectivity index (χ3v) is 6.71. The van der Waals surface area contributed by atoms with Crippen LogP contribution in [0.1, 0.15) is 70.8 Å². The maximum Gasteiger partial charge on any atom is 0.250 e. The van der Waals surface area contributed by atoms with Crippen LogP contribution in [0.25, 0.3) is 0 Å². The van der Waals surface area contributed by atoms with Crippen molar-refractivity contribution in [3.05, 3.63) is 42.0 Å². The molecule has 1 aromatic heterocycles. The topological polar surface area (TPSA) is 61.4 Å². The van der Waals surface area contributed by atoms with Crippen molar-refractivity contribution >= 4 is 23.2 Å². The van der Waals surface area contributed by atoms with E-state index < -0.39 is 0 Å². The molecule has 1 atom stereocenters. The Morgan fingerprint density at radius 2 is 1.94 bits per heavy atom. The van der Waals surface area contributed by atoms with Gasteiger partial charge in [0.2, 0.25) is 5.91 Å². The van der Waals surface area contributed by atoms with Crippen molar-refractivity contribution in [2.45, 2.75) is 83.8 Å². The highest BCUT2D eigenvalue weighted by atomic mass is 19.1. The van der Waals surface area contributed by atoms with Crippen LogP contribution in [-0.4, -0.2) is 34.5 Å². The molecule has 1 aliphatic heterocycles. The van der Waals surface area contributed by atoms with Crippen LogP contribution in [0.3, 0.4) is 0 Å². The molecule has 4 rings (SSSR count). The molecule has 2 aliphatic rings. The number of carbonyl (C=O) groups excluding carboxylic acids is 1. The minimum Gasteiger partial charge on any atom is -0.356 e. The van der Waals surface area contributed by atoms with Crippen molar-refractivity contribution < 1.29 is 9.18 Å². The van der Waals surface area contributed by atoms with Crippen molar-refractivity contribution in [1.82, 2.24) is 9.97 Å². The van der Waals surface area contributed by atoms with Gasteiger partial charge in [0.25, 0.3) is 0 Å². The fourth-order valence-corrected chi connectivity index (χ4v) is 4.99. The molecule has 1 amide bonds. The lowest BCUT2D eigenvalue weighted by molar-refractivity contribution is -0.119. The number of hydrogen-bond acceptors (Lipinski definition) is 5. The molecule has 6 nitrogen and oxygen atoms in total. The standard InChI is InChI=1S/C25H34FN5O/c1-3-5-15-21-25(32)31(16-18-11-9-10-14-20(18)26)22-23(29-21)27-17-28-24(22)30(4-2)19-12-7-6-8-13-19/h9-11,14,17,19,21H,3-8,12-13,15-16H2,1-2H3,(H,27,28,29)/t21-/m0/s1. The molecule has 0 radical (unpaired) electrons. The summed E-state index contributed by atoms with van der Waals surface area (Å²) in [5.74, 6) is 1.10. The average molecular weight is 440 g/mol. The Labute approximate surface area is 190 Å². The van der Waals surface area contributed by atoms with Gasteiger partial charge in [-0.15, -0.1) is 0 Å². The minimum atomic E-state index is -0.360. The molecule has 0 bridgehead atoms. The lowest BCUT2D eigenvalue weighted by Crippen LogP contribution is -2.49. The van der Waals surface area contributed by atoms with E-state index in [2.05, 4.69) is 34.0 Å². The van der Waals surface area contributed by atoms with Gasteiger partial charge >= 0.3 is 0 Å². The van der Waals surface area contributed by atoms with Crippen molar-refractivity contribution in [1.29, 1.82) is 0 Å². The molecule has 0 saturated heterocycles. The summed E-state index contributed by atoms with van der Waals surface area (Å²) in [5.41, 5.74) is 1.18. The molecule has 1 saturated carbocycles. The summed E-state index contributed by atoms with van der Waals surface area (Å²) in [6.07, 6.45) is 10.2. The average Bonchev–Trinajstić information content (AvgIpc) is 2.82. The van der Waals surface area contributed by atoms with Crippen molar-refractivity contribution in [2.75, 3.05) is 21.7 Å². The number of halogens is 1. The Hall–Kier alpha value is -2.70. The van der Waals surface area contributed by atoms with Gasteiger partial charge < -0.3 is 10.2 Å². The molecule has 0 unspecified atom stereocenters. The van der Waals surface area contributed by atoms with E-state index in [0.29, 0.717) is 23.1 Å². The largest absolute Gasteiger partial charge is 0.356 e. The number of unbranched alkanes of at least 4 members (excludes halogenated alkanes) is 1. The Morgan fingerprint density at radius 3 is 2.66 bits per heavy atom. The maximum atomic E-state index is 14.6. The minimum absolute atomic E-state index is 0.0371. The first-order chi connectivity index (χ1) is 15.6. The van der Waals surface area contributed by atoms with E-state index in [1.165, 1.54) is 25.3 Å². The van der Waals surface area contributed by atoms with Gasteiger partial charge in [-0.05, 0) is 32.3 Å². The van der Waals surface area contributed by atoms with Gasteiger partial charge in [-0.2, -0.15) is 0 Å². The molecule has 2 heterocycles. The van der Waals surface area contributed by atoms with E-state index in [-0.39, 0.29) is 24.3 Å². The lowest BCUT2D eigenvalue weighted by Gasteiger charge is -2.40. The van der Waals surface area contributed by atoms with Crippen LogP contribution in [0, 0.1) is 5.82 Å². The number of rotatable bonds is 8. The van der Waals surface area contributed by atoms with Crippen LogP contribution in [0.2, 0.25) is 0 Å². The highest BCUT2D eigenvalue weighted by Crippen LogP contribution is 2.41. The van der Waals surface area contributed by atoms with Gasteiger partial charge in [-0.1, -0.05) is 57.2 Å². The number of fused-ring (bicyclic) bond motifs is 1. The molecular weight excluding hydrogens is 405 g/mol. The Morgan fingerprint density at radius 1 is 1.16 bits per heavy atom. The summed E-state index contributed by atoms with van der Waals surface area (Å²) in [6.45, 7) is 5.22. The molecule has 2 aromatic rings. The number of hydrogen-bond donors (Lipinski definition) is 1. The molecule has 172 valence electrons. The second-order valence-electron chi connectivity index (χ2n) is 8.83. The van der Waals surface area contributed by atoms with Gasteiger partial charge in [0.1, 0.15) is 23.9 Å². The highest BCUT2D eigenvalue weighted by Gasteiger charge is 2.37. The predicted molar refractivity (Wildman–Crippen MR) is 126 cm³/mol. The van der Waals surface area contributed by atoms with Crippen molar-refractivity contribution in [3.8, 4) is 0 Å². The number of amides is 1. The number of nitrogens with zero attached hydrogens (tertiary/aromatic N) is 4. The van der Waals surface area contributed by atoms with Crippen LogP contribution in [-0.2, 0) is 11.3 Å². The van der Waals surface area contributed by atoms with E-state index in [4.69, 9.17) is 0 Å². The van der Waals surface area contributed by atoms with E-state index in [0.717, 1.165) is 44.5 Å².